The summed E-state index contributed by atoms with van der Waals surface area (Å²) in [7, 11) is 0. The molecule has 2 aromatic carbocycles. The average molecular weight is 353 g/mol. The van der Waals surface area contributed by atoms with Crippen LogP contribution in [0.5, 0.6) is 0 Å². The minimum absolute atomic E-state index is 0.303. The van der Waals surface area contributed by atoms with Crippen molar-refractivity contribution in [3.05, 3.63) is 70.6 Å². The lowest BCUT2D eigenvalue weighted by atomic mass is 10.1. The number of rotatable bonds is 6. The van der Waals surface area contributed by atoms with Gasteiger partial charge in [0, 0.05) is 12.1 Å². The number of aromatic nitrogens is 2. The van der Waals surface area contributed by atoms with E-state index in [4.69, 9.17) is 10.5 Å². The quantitative estimate of drug-likeness (QED) is 0.681. The van der Waals surface area contributed by atoms with E-state index in [1.165, 1.54) is 4.57 Å². The highest BCUT2D eigenvalue weighted by Crippen LogP contribution is 2.18. The van der Waals surface area contributed by atoms with Gasteiger partial charge in [-0.3, -0.25) is 18.7 Å². The Morgan fingerprint density at radius 1 is 1.00 bits per heavy atom. The zero-order valence-electron chi connectivity index (χ0n) is 14.3. The maximum atomic E-state index is 12.6. The first-order valence-electron chi connectivity index (χ1n) is 8.24. The predicted octanol–water partition coefficient (Wildman–Crippen LogP) is 1.59. The number of primary amides is 1. The molecule has 0 aliphatic carbocycles. The van der Waals surface area contributed by atoms with E-state index < -0.39 is 18.0 Å². The molecule has 1 amide bonds. The second-order valence-electron chi connectivity index (χ2n) is 5.78. The number of hydrogen-bond donors (Lipinski definition) is 1. The molecule has 1 aromatic heterocycles. The zero-order chi connectivity index (χ0) is 18.7. The molecule has 1 atom stereocenters. The van der Waals surface area contributed by atoms with Gasteiger partial charge in [0.15, 0.2) is 0 Å². The fraction of sp³-hybridized carbons (Fsp3) is 0.211. The summed E-state index contributed by atoms with van der Waals surface area (Å²) in [6, 6.07) is 15.7. The molecule has 0 saturated carbocycles. The van der Waals surface area contributed by atoms with E-state index in [-0.39, 0.29) is 12.2 Å². The normalized spacial score (nSPS) is 12.0. The van der Waals surface area contributed by atoms with Crippen LogP contribution in [0.4, 0.5) is 0 Å². The number of benzene rings is 2. The third-order valence-corrected chi connectivity index (χ3v) is 4.14. The van der Waals surface area contributed by atoms with Crippen LogP contribution in [0, 0.1) is 0 Å². The van der Waals surface area contributed by atoms with E-state index in [1.54, 1.807) is 47.0 Å². The van der Waals surface area contributed by atoms with Crippen LogP contribution in [0.2, 0.25) is 0 Å². The Kier molecular flexibility index (Phi) is 4.88. The molecule has 1 heterocycles. The lowest BCUT2D eigenvalue weighted by Crippen LogP contribution is -2.31. The van der Waals surface area contributed by atoms with Crippen molar-refractivity contribution in [1.29, 1.82) is 0 Å². The van der Waals surface area contributed by atoms with Crippen molar-refractivity contribution in [2.45, 2.75) is 26.1 Å². The van der Waals surface area contributed by atoms with Gasteiger partial charge in [-0.1, -0.05) is 42.5 Å². The molecular formula is C19H19N3O4. The van der Waals surface area contributed by atoms with Crippen molar-refractivity contribution in [3.63, 3.8) is 0 Å². The molecule has 134 valence electrons. The Morgan fingerprint density at radius 2 is 1.58 bits per heavy atom. The molecule has 0 radical (unpaired) electrons. The number of ether oxygens (including phenoxy) is 1. The van der Waals surface area contributed by atoms with Crippen molar-refractivity contribution >= 4 is 22.9 Å². The van der Waals surface area contributed by atoms with Gasteiger partial charge in [-0.05, 0) is 19.1 Å². The van der Waals surface area contributed by atoms with Crippen LogP contribution in [0.25, 0.3) is 11.0 Å². The molecule has 0 fully saturated rings. The summed E-state index contributed by atoms with van der Waals surface area (Å²) >= 11 is 0. The van der Waals surface area contributed by atoms with Crippen LogP contribution < -0.4 is 11.4 Å². The van der Waals surface area contributed by atoms with Gasteiger partial charge in [0.2, 0.25) is 6.10 Å². The standard InChI is InChI=1S/C19H19N3O4/c1-2-21-14-10-6-7-11-15(14)22(19(21)25)12-16(23)26-17(18(20)24)13-8-4-3-5-9-13/h3-11,17H,2,12H2,1H3,(H2,20,24). The van der Waals surface area contributed by atoms with E-state index in [2.05, 4.69) is 0 Å². The van der Waals surface area contributed by atoms with E-state index >= 15 is 0 Å². The Bertz CT molecular complexity index is 1000. The number of aryl methyl sites for hydroxylation is 1. The number of nitrogens with two attached hydrogens (primary N) is 1. The second-order valence-corrected chi connectivity index (χ2v) is 5.78. The topological polar surface area (TPSA) is 96.3 Å². The molecule has 2 N–H and O–H groups in total. The van der Waals surface area contributed by atoms with Gasteiger partial charge in [0.1, 0.15) is 6.54 Å². The van der Waals surface area contributed by atoms with Crippen LogP contribution in [0.1, 0.15) is 18.6 Å². The molecule has 0 aliphatic heterocycles. The maximum absolute atomic E-state index is 12.6. The Labute approximate surface area is 149 Å². The molecule has 0 bridgehead atoms. The number of fused-ring (bicyclic) bond motifs is 1. The average Bonchev–Trinajstić information content (AvgIpc) is 2.91. The summed E-state index contributed by atoms with van der Waals surface area (Å²) in [5.41, 5.74) is 6.92. The fourth-order valence-electron chi connectivity index (χ4n) is 2.95. The van der Waals surface area contributed by atoms with Crippen molar-refractivity contribution in [2.24, 2.45) is 5.73 Å². The lowest BCUT2D eigenvalue weighted by molar-refractivity contribution is -0.156. The molecule has 1 unspecified atom stereocenters. The summed E-state index contributed by atoms with van der Waals surface area (Å²) in [4.78, 5) is 36.7. The smallest absolute Gasteiger partial charge is 0.329 e. The highest BCUT2D eigenvalue weighted by Gasteiger charge is 2.23. The second kappa shape index (κ2) is 7.26. The third-order valence-electron chi connectivity index (χ3n) is 4.14. The highest BCUT2D eigenvalue weighted by molar-refractivity contribution is 5.84. The first-order valence-corrected chi connectivity index (χ1v) is 8.24. The van der Waals surface area contributed by atoms with E-state index in [0.717, 1.165) is 5.52 Å². The summed E-state index contributed by atoms with van der Waals surface area (Å²) < 4.78 is 8.18. The summed E-state index contributed by atoms with van der Waals surface area (Å²) in [6.07, 6.45) is -1.20. The van der Waals surface area contributed by atoms with Crippen LogP contribution in [0.3, 0.4) is 0 Å². The van der Waals surface area contributed by atoms with Gasteiger partial charge >= 0.3 is 11.7 Å². The predicted molar refractivity (Wildman–Crippen MR) is 96.3 cm³/mol. The molecule has 0 aliphatic rings. The number of amides is 1. The maximum Gasteiger partial charge on any atom is 0.329 e. The number of esters is 1. The molecule has 3 aromatic rings. The Balaban J connectivity index is 1.89. The first kappa shape index (κ1) is 17.5. The number of hydrogen-bond acceptors (Lipinski definition) is 4. The number of imidazole rings is 1. The van der Waals surface area contributed by atoms with Crippen molar-refractivity contribution in [1.82, 2.24) is 9.13 Å². The summed E-state index contributed by atoms with van der Waals surface area (Å²) in [6.45, 7) is 2.04. The minimum Gasteiger partial charge on any atom is -0.446 e. The molecule has 3 rings (SSSR count). The SMILES string of the molecule is CCn1c(=O)n(CC(=O)OC(C(N)=O)c2ccccc2)c2ccccc21. The minimum atomic E-state index is -1.20. The van der Waals surface area contributed by atoms with E-state index in [0.29, 0.717) is 17.6 Å². The highest BCUT2D eigenvalue weighted by atomic mass is 16.5. The number of carbonyl (C=O) groups is 2. The molecule has 7 nitrogen and oxygen atoms in total. The largest absolute Gasteiger partial charge is 0.446 e. The van der Waals surface area contributed by atoms with Crippen molar-refractivity contribution < 1.29 is 14.3 Å². The molecule has 7 heteroatoms. The van der Waals surface area contributed by atoms with Gasteiger partial charge in [-0.2, -0.15) is 0 Å². The van der Waals surface area contributed by atoms with Crippen LogP contribution in [-0.2, 0) is 27.4 Å². The van der Waals surface area contributed by atoms with E-state index in [9.17, 15) is 14.4 Å². The van der Waals surface area contributed by atoms with Crippen LogP contribution in [-0.4, -0.2) is 21.0 Å². The van der Waals surface area contributed by atoms with Gasteiger partial charge in [0.25, 0.3) is 5.91 Å². The van der Waals surface area contributed by atoms with E-state index in [1.807, 2.05) is 19.1 Å². The molecule has 0 spiro atoms. The monoisotopic (exact) mass is 353 g/mol. The number of carbonyl (C=O) groups excluding carboxylic acids is 2. The van der Waals surface area contributed by atoms with Gasteiger partial charge in [-0.15, -0.1) is 0 Å². The van der Waals surface area contributed by atoms with Crippen LogP contribution in [0.15, 0.2) is 59.4 Å². The summed E-state index contributed by atoms with van der Waals surface area (Å²) in [5, 5.41) is 0. The number of para-hydroxylation sites is 2. The molecule has 0 saturated heterocycles. The third kappa shape index (κ3) is 3.23. The number of nitrogens with zero attached hydrogens (tertiary/aromatic N) is 2. The fourth-order valence-corrected chi connectivity index (χ4v) is 2.95. The Hall–Kier alpha value is -3.35. The van der Waals surface area contributed by atoms with Crippen molar-refractivity contribution in [3.8, 4) is 0 Å². The van der Waals surface area contributed by atoms with Gasteiger partial charge < -0.3 is 10.5 Å². The first-order chi connectivity index (χ1) is 12.5. The van der Waals surface area contributed by atoms with Crippen LogP contribution >= 0.6 is 0 Å². The summed E-state index contributed by atoms with van der Waals surface area (Å²) in [5.74, 6) is -1.48. The molecular weight excluding hydrogens is 334 g/mol. The zero-order valence-corrected chi connectivity index (χ0v) is 14.3. The molecule has 26 heavy (non-hydrogen) atoms. The van der Waals surface area contributed by atoms with Gasteiger partial charge in [-0.25, -0.2) is 4.79 Å². The lowest BCUT2D eigenvalue weighted by Gasteiger charge is -2.15. The van der Waals surface area contributed by atoms with Gasteiger partial charge in [0.05, 0.1) is 11.0 Å². The Morgan fingerprint density at radius 3 is 2.15 bits per heavy atom. The van der Waals surface area contributed by atoms with Crippen molar-refractivity contribution in [2.75, 3.05) is 0 Å².